The van der Waals surface area contributed by atoms with Crippen LogP contribution in [0.4, 0.5) is 0 Å². The summed E-state index contributed by atoms with van der Waals surface area (Å²) in [4.78, 5) is 4.13. The lowest BCUT2D eigenvalue weighted by Gasteiger charge is -2.30. The first-order valence-electron chi connectivity index (χ1n) is 5.86. The quantitative estimate of drug-likeness (QED) is 0.827. The van der Waals surface area contributed by atoms with Crippen molar-refractivity contribution in [2.45, 2.75) is 32.7 Å². The van der Waals surface area contributed by atoms with Gasteiger partial charge in [0.2, 0.25) is 0 Å². The van der Waals surface area contributed by atoms with Gasteiger partial charge in [-0.3, -0.25) is 0 Å². The van der Waals surface area contributed by atoms with Crippen LogP contribution in [0.3, 0.4) is 0 Å². The lowest BCUT2D eigenvalue weighted by molar-refractivity contribution is 0.229. The molecule has 0 aromatic carbocycles. The first-order chi connectivity index (χ1) is 7.82. The zero-order valence-electron chi connectivity index (χ0n) is 11.3. The van der Waals surface area contributed by atoms with E-state index in [0.29, 0.717) is 10.9 Å². The Balaban J connectivity index is 2.66. The van der Waals surface area contributed by atoms with Crippen LogP contribution in [0.1, 0.15) is 27.7 Å². The molecular formula is C13H22N2OS. The van der Waals surface area contributed by atoms with Crippen molar-refractivity contribution in [3.05, 3.63) is 24.4 Å². The van der Waals surface area contributed by atoms with E-state index in [1.165, 1.54) is 0 Å². The van der Waals surface area contributed by atoms with Gasteiger partial charge in [-0.2, -0.15) is 0 Å². The molecule has 0 amide bonds. The number of aromatic nitrogens is 1. The van der Waals surface area contributed by atoms with Crippen LogP contribution in [0.5, 0.6) is 0 Å². The smallest absolute Gasteiger partial charge is 0.146 e. The number of nitrogens with zero attached hydrogens (tertiary/aromatic N) is 2. The molecule has 1 aromatic heterocycles. The molecule has 1 rings (SSSR count). The van der Waals surface area contributed by atoms with Gasteiger partial charge < -0.3 is 0 Å². The number of hydrogen-bond acceptors (Lipinski definition) is 2. The third kappa shape index (κ3) is 4.21. The Labute approximate surface area is 107 Å². The Morgan fingerprint density at radius 2 is 2.06 bits per heavy atom. The molecule has 0 bridgehead atoms. The second-order valence-corrected chi connectivity index (χ2v) is 7.03. The van der Waals surface area contributed by atoms with Crippen LogP contribution in [-0.2, 0) is 11.0 Å². The molecule has 1 heterocycles. The molecule has 0 aliphatic rings. The predicted octanol–water partition coefficient (Wildman–Crippen LogP) is 2.72. The van der Waals surface area contributed by atoms with Crippen LogP contribution >= 0.6 is 0 Å². The van der Waals surface area contributed by atoms with E-state index in [9.17, 15) is 4.21 Å². The standard InChI is InChI=1S/C13H22N2OS/c1-11(13(2,3)4)10-15(5)17(16)12-8-6-7-9-14-12/h6-9,11H,10H2,1-5H3/t11-,17?/m1/s1. The van der Waals surface area contributed by atoms with E-state index in [0.717, 1.165) is 6.54 Å². The molecule has 0 saturated heterocycles. The van der Waals surface area contributed by atoms with E-state index >= 15 is 0 Å². The molecule has 4 heteroatoms. The van der Waals surface area contributed by atoms with E-state index in [1.54, 1.807) is 12.3 Å². The number of pyridine rings is 1. The summed E-state index contributed by atoms with van der Waals surface area (Å²) in [5.41, 5.74) is 0.225. The van der Waals surface area contributed by atoms with Crippen molar-refractivity contribution in [1.82, 2.24) is 9.29 Å². The average Bonchev–Trinajstić information content (AvgIpc) is 2.27. The highest BCUT2D eigenvalue weighted by Crippen LogP contribution is 2.26. The topological polar surface area (TPSA) is 33.2 Å². The summed E-state index contributed by atoms with van der Waals surface area (Å²) < 4.78 is 14.0. The Kier molecular flexibility index (Phi) is 4.83. The van der Waals surface area contributed by atoms with E-state index in [1.807, 2.05) is 23.5 Å². The first kappa shape index (κ1) is 14.3. The van der Waals surface area contributed by atoms with E-state index in [-0.39, 0.29) is 5.41 Å². The maximum absolute atomic E-state index is 12.2. The number of hydrogen-bond donors (Lipinski definition) is 0. The Morgan fingerprint density at radius 3 is 2.53 bits per heavy atom. The van der Waals surface area contributed by atoms with Crippen molar-refractivity contribution in [2.24, 2.45) is 11.3 Å². The van der Waals surface area contributed by atoms with Crippen molar-refractivity contribution >= 4 is 11.0 Å². The van der Waals surface area contributed by atoms with Gasteiger partial charge >= 0.3 is 0 Å². The van der Waals surface area contributed by atoms with Crippen LogP contribution in [0, 0.1) is 11.3 Å². The lowest BCUT2D eigenvalue weighted by Crippen LogP contribution is -2.32. The van der Waals surface area contributed by atoms with E-state index in [4.69, 9.17) is 0 Å². The highest BCUT2D eigenvalue weighted by Gasteiger charge is 2.23. The Hall–Kier alpha value is -0.740. The summed E-state index contributed by atoms with van der Waals surface area (Å²) >= 11 is 0. The Morgan fingerprint density at radius 1 is 1.41 bits per heavy atom. The van der Waals surface area contributed by atoms with Gasteiger partial charge in [-0.05, 0) is 23.5 Å². The molecule has 17 heavy (non-hydrogen) atoms. The van der Waals surface area contributed by atoms with E-state index in [2.05, 4.69) is 32.7 Å². The minimum absolute atomic E-state index is 0.225. The average molecular weight is 254 g/mol. The summed E-state index contributed by atoms with van der Waals surface area (Å²) in [6.07, 6.45) is 1.67. The fraction of sp³-hybridized carbons (Fsp3) is 0.615. The molecule has 2 atom stereocenters. The third-order valence-corrected chi connectivity index (χ3v) is 4.42. The summed E-state index contributed by atoms with van der Waals surface area (Å²) in [6.45, 7) is 9.60. The van der Waals surface area contributed by atoms with Crippen LogP contribution in [-0.4, -0.2) is 27.1 Å². The normalized spacial score (nSPS) is 15.9. The Bertz CT molecular complexity index is 373. The molecule has 0 fully saturated rings. The van der Waals surface area contributed by atoms with Gasteiger partial charge in [0, 0.05) is 19.8 Å². The molecule has 0 aliphatic heterocycles. The number of rotatable bonds is 4. The van der Waals surface area contributed by atoms with Crippen LogP contribution in [0.2, 0.25) is 0 Å². The lowest BCUT2D eigenvalue weighted by atomic mass is 9.82. The van der Waals surface area contributed by atoms with Crippen molar-refractivity contribution in [1.29, 1.82) is 0 Å². The summed E-state index contributed by atoms with van der Waals surface area (Å²) in [5.74, 6) is 0.472. The van der Waals surface area contributed by atoms with Gasteiger partial charge in [0.15, 0.2) is 0 Å². The van der Waals surface area contributed by atoms with Gasteiger partial charge in [0.1, 0.15) is 16.0 Å². The highest BCUT2D eigenvalue weighted by atomic mass is 32.2. The molecule has 0 radical (unpaired) electrons. The minimum Gasteiger partial charge on any atom is -0.246 e. The summed E-state index contributed by atoms with van der Waals surface area (Å²) in [6, 6.07) is 5.49. The molecule has 0 aliphatic carbocycles. The molecule has 0 N–H and O–H groups in total. The largest absolute Gasteiger partial charge is 0.246 e. The van der Waals surface area contributed by atoms with Gasteiger partial charge in [0.25, 0.3) is 0 Å². The second kappa shape index (κ2) is 5.74. The van der Waals surface area contributed by atoms with Crippen molar-refractivity contribution in [2.75, 3.05) is 13.6 Å². The maximum atomic E-state index is 12.2. The molecule has 96 valence electrons. The van der Waals surface area contributed by atoms with Crippen molar-refractivity contribution in [3.63, 3.8) is 0 Å². The second-order valence-electron chi connectivity index (χ2n) is 5.49. The van der Waals surface area contributed by atoms with Gasteiger partial charge in [0.05, 0.1) is 0 Å². The molecule has 0 saturated carbocycles. The highest BCUT2D eigenvalue weighted by molar-refractivity contribution is 7.82. The molecule has 3 nitrogen and oxygen atoms in total. The molecule has 1 aromatic rings. The first-order valence-corrected chi connectivity index (χ1v) is 6.97. The van der Waals surface area contributed by atoms with Crippen LogP contribution < -0.4 is 0 Å². The predicted molar refractivity (Wildman–Crippen MR) is 71.9 cm³/mol. The van der Waals surface area contributed by atoms with Gasteiger partial charge in [-0.15, -0.1) is 0 Å². The van der Waals surface area contributed by atoms with Crippen LogP contribution in [0.15, 0.2) is 29.4 Å². The molecular weight excluding hydrogens is 232 g/mol. The van der Waals surface area contributed by atoms with Gasteiger partial charge in [-0.25, -0.2) is 13.5 Å². The van der Waals surface area contributed by atoms with Gasteiger partial charge in [-0.1, -0.05) is 33.8 Å². The summed E-state index contributed by atoms with van der Waals surface area (Å²) in [5, 5.41) is 0.621. The van der Waals surface area contributed by atoms with Crippen LogP contribution in [0.25, 0.3) is 0 Å². The summed E-state index contributed by atoms with van der Waals surface area (Å²) in [7, 11) is 0.721. The third-order valence-electron chi connectivity index (χ3n) is 3.11. The van der Waals surface area contributed by atoms with E-state index < -0.39 is 11.0 Å². The maximum Gasteiger partial charge on any atom is 0.146 e. The zero-order valence-corrected chi connectivity index (χ0v) is 12.1. The van der Waals surface area contributed by atoms with Crippen molar-refractivity contribution in [3.8, 4) is 0 Å². The monoisotopic (exact) mass is 254 g/mol. The molecule has 1 unspecified atom stereocenters. The zero-order chi connectivity index (χ0) is 13.1. The molecule has 0 spiro atoms. The minimum atomic E-state index is -1.16. The fourth-order valence-corrected chi connectivity index (χ4v) is 2.36. The fourth-order valence-electron chi connectivity index (χ4n) is 1.34. The van der Waals surface area contributed by atoms with Crippen molar-refractivity contribution < 1.29 is 4.21 Å². The SMILES string of the molecule is C[C@H](CN(C)S(=O)c1ccccn1)C(C)(C)C.